The Kier molecular flexibility index (Phi) is 2.76. The highest BCUT2D eigenvalue weighted by Crippen LogP contribution is 1.76. The average Bonchev–Trinajstić information content (AvgIpc) is 1.61. The van der Waals surface area contributed by atoms with Gasteiger partial charge in [0.1, 0.15) is 5.76 Å². The van der Waals surface area contributed by atoms with Gasteiger partial charge in [0.15, 0.2) is 0 Å². The molecule has 0 rings (SSSR count). The molecule has 0 amide bonds. The van der Waals surface area contributed by atoms with Crippen LogP contribution in [0.15, 0.2) is 17.1 Å². The molecule has 0 saturated carbocycles. The molecule has 0 radical (unpaired) electrons. The summed E-state index contributed by atoms with van der Waals surface area (Å²) in [6, 6.07) is 0. The molecule has 0 aromatic heterocycles. The first-order valence-electron chi connectivity index (χ1n) is 1.84. The van der Waals surface area contributed by atoms with E-state index in [0.717, 1.165) is 0 Å². The van der Waals surface area contributed by atoms with Gasteiger partial charge in [0.25, 0.3) is 0 Å². The van der Waals surface area contributed by atoms with Gasteiger partial charge in [-0.3, -0.25) is 5.43 Å². The molecular weight excluding hydrogens is 92.1 g/mol. The lowest BCUT2D eigenvalue weighted by Gasteiger charge is -1.85. The zero-order chi connectivity index (χ0) is 5.70. The van der Waals surface area contributed by atoms with Gasteiger partial charge in [0, 0.05) is 6.72 Å². The molecule has 0 bridgehead atoms. The minimum atomic E-state index is 0.187. The number of hydrogen-bond acceptors (Lipinski definition) is 3. The maximum atomic E-state index is 8.39. The number of rotatable bonds is 2. The van der Waals surface area contributed by atoms with Crippen molar-refractivity contribution in [1.29, 1.82) is 0 Å². The van der Waals surface area contributed by atoms with E-state index in [9.17, 15) is 0 Å². The molecule has 0 atom stereocenters. The Morgan fingerprint density at radius 1 is 2.00 bits per heavy atom. The molecule has 0 saturated heterocycles. The fourth-order valence-electron chi connectivity index (χ4n) is 0.139. The molecular formula is C4H8N2O. The van der Waals surface area contributed by atoms with Crippen LogP contribution in [0.25, 0.3) is 0 Å². The van der Waals surface area contributed by atoms with Crippen LogP contribution in [0.1, 0.15) is 6.92 Å². The summed E-state index contributed by atoms with van der Waals surface area (Å²) in [5, 5.41) is 11.6. The molecule has 0 aromatic carbocycles. The van der Waals surface area contributed by atoms with Crippen molar-refractivity contribution in [3.05, 3.63) is 12.0 Å². The predicted octanol–water partition coefficient (Wildman–Crippen LogP) is 0.611. The number of hydrazone groups is 1. The van der Waals surface area contributed by atoms with E-state index in [1.54, 1.807) is 0 Å². The molecule has 3 nitrogen and oxygen atoms in total. The minimum absolute atomic E-state index is 0.187. The van der Waals surface area contributed by atoms with Gasteiger partial charge in [0.2, 0.25) is 0 Å². The van der Waals surface area contributed by atoms with Crippen molar-refractivity contribution >= 4 is 6.72 Å². The second-order valence-electron chi connectivity index (χ2n) is 1.07. The van der Waals surface area contributed by atoms with Crippen LogP contribution in [0.5, 0.6) is 0 Å². The summed E-state index contributed by atoms with van der Waals surface area (Å²) in [6.45, 7) is 4.66. The second-order valence-corrected chi connectivity index (χ2v) is 1.07. The molecule has 0 heterocycles. The molecule has 7 heavy (non-hydrogen) atoms. The topological polar surface area (TPSA) is 44.6 Å². The highest BCUT2D eigenvalue weighted by molar-refractivity contribution is 5.22. The van der Waals surface area contributed by atoms with Crippen molar-refractivity contribution in [2.75, 3.05) is 0 Å². The Balaban J connectivity index is 3.25. The van der Waals surface area contributed by atoms with Crippen molar-refractivity contribution < 1.29 is 5.11 Å². The smallest absolute Gasteiger partial charge is 0.107 e. The first-order chi connectivity index (χ1) is 3.27. The maximum Gasteiger partial charge on any atom is 0.107 e. The Labute approximate surface area is 42.4 Å². The number of aliphatic hydroxyl groups excluding tert-OH is 1. The summed E-state index contributed by atoms with van der Waals surface area (Å²) >= 11 is 0. The lowest BCUT2D eigenvalue weighted by Crippen LogP contribution is -1.91. The van der Waals surface area contributed by atoms with Crippen LogP contribution in [-0.2, 0) is 0 Å². The summed E-state index contributed by atoms with van der Waals surface area (Å²) in [7, 11) is 0. The Morgan fingerprint density at radius 2 is 2.57 bits per heavy atom. The van der Waals surface area contributed by atoms with E-state index in [1.807, 2.05) is 0 Å². The van der Waals surface area contributed by atoms with E-state index in [2.05, 4.69) is 17.2 Å². The van der Waals surface area contributed by atoms with Crippen molar-refractivity contribution in [1.82, 2.24) is 5.43 Å². The Hall–Kier alpha value is -0.990. The number of aliphatic hydroxyl groups is 1. The SMILES string of the molecule is C=NN/C=C(\C)O. The van der Waals surface area contributed by atoms with E-state index in [1.165, 1.54) is 13.1 Å². The molecule has 2 N–H and O–H groups in total. The van der Waals surface area contributed by atoms with Gasteiger partial charge in [-0.05, 0) is 6.92 Å². The quantitative estimate of drug-likeness (QED) is 0.303. The molecule has 0 spiro atoms. The predicted molar refractivity (Wildman–Crippen MR) is 29.1 cm³/mol. The Bertz CT molecular complexity index is 83.7. The summed E-state index contributed by atoms with van der Waals surface area (Å²) in [5.74, 6) is 0.187. The van der Waals surface area contributed by atoms with Crippen LogP contribution in [0.3, 0.4) is 0 Å². The normalized spacial score (nSPS) is 10.7. The van der Waals surface area contributed by atoms with E-state index < -0.39 is 0 Å². The molecule has 0 aliphatic rings. The molecule has 40 valence electrons. The molecule has 0 unspecified atom stereocenters. The van der Waals surface area contributed by atoms with Gasteiger partial charge in [-0.25, -0.2) is 0 Å². The lowest BCUT2D eigenvalue weighted by atomic mass is 10.6. The highest BCUT2D eigenvalue weighted by atomic mass is 16.3. The van der Waals surface area contributed by atoms with Gasteiger partial charge in [-0.2, -0.15) is 5.10 Å². The van der Waals surface area contributed by atoms with Crippen LogP contribution < -0.4 is 5.43 Å². The fraction of sp³-hybridized carbons (Fsp3) is 0.250. The first kappa shape index (κ1) is 6.01. The summed E-state index contributed by atoms with van der Waals surface area (Å²) in [5.41, 5.74) is 2.35. The fourth-order valence-corrected chi connectivity index (χ4v) is 0.139. The van der Waals surface area contributed by atoms with E-state index in [-0.39, 0.29) is 5.76 Å². The monoisotopic (exact) mass is 100 g/mol. The maximum absolute atomic E-state index is 8.39. The zero-order valence-corrected chi connectivity index (χ0v) is 4.18. The van der Waals surface area contributed by atoms with Crippen molar-refractivity contribution in [3.8, 4) is 0 Å². The van der Waals surface area contributed by atoms with Crippen LogP contribution in [0.4, 0.5) is 0 Å². The highest BCUT2D eigenvalue weighted by Gasteiger charge is 1.70. The van der Waals surface area contributed by atoms with Crippen molar-refractivity contribution in [2.24, 2.45) is 5.10 Å². The van der Waals surface area contributed by atoms with Crippen LogP contribution in [0, 0.1) is 0 Å². The summed E-state index contributed by atoms with van der Waals surface area (Å²) in [6.07, 6.45) is 1.34. The largest absolute Gasteiger partial charge is 0.511 e. The lowest BCUT2D eigenvalue weighted by molar-refractivity contribution is 0.409. The number of allylic oxidation sites excluding steroid dienone is 1. The standard InChI is InChI=1S/C4H8N2O/c1-4(7)3-6-5-2/h3,6-7H,2H2,1H3/b4-3+. The van der Waals surface area contributed by atoms with Crippen molar-refractivity contribution in [2.45, 2.75) is 6.92 Å². The van der Waals surface area contributed by atoms with E-state index in [0.29, 0.717) is 0 Å². The number of nitrogens with one attached hydrogen (secondary N) is 1. The third-order valence-corrected chi connectivity index (χ3v) is 0.365. The van der Waals surface area contributed by atoms with Gasteiger partial charge in [0.05, 0.1) is 6.20 Å². The second kappa shape index (κ2) is 3.21. The third kappa shape index (κ3) is 5.01. The van der Waals surface area contributed by atoms with Crippen LogP contribution in [0.2, 0.25) is 0 Å². The molecule has 3 heteroatoms. The molecule has 0 fully saturated rings. The van der Waals surface area contributed by atoms with E-state index in [4.69, 9.17) is 5.11 Å². The average molecular weight is 100 g/mol. The van der Waals surface area contributed by atoms with Gasteiger partial charge >= 0.3 is 0 Å². The van der Waals surface area contributed by atoms with Crippen molar-refractivity contribution in [3.63, 3.8) is 0 Å². The Morgan fingerprint density at radius 3 is 2.71 bits per heavy atom. The first-order valence-corrected chi connectivity index (χ1v) is 1.84. The van der Waals surface area contributed by atoms with Gasteiger partial charge in [-0.1, -0.05) is 0 Å². The summed E-state index contributed by atoms with van der Waals surface area (Å²) < 4.78 is 0. The molecule has 0 aromatic rings. The number of hydrogen-bond donors (Lipinski definition) is 2. The summed E-state index contributed by atoms with van der Waals surface area (Å²) in [4.78, 5) is 0. The van der Waals surface area contributed by atoms with Gasteiger partial charge < -0.3 is 5.11 Å². The number of nitrogens with zero attached hydrogens (tertiary/aromatic N) is 1. The molecule has 0 aliphatic heterocycles. The van der Waals surface area contributed by atoms with E-state index >= 15 is 0 Å². The van der Waals surface area contributed by atoms with Crippen LogP contribution in [-0.4, -0.2) is 11.8 Å². The molecule has 0 aliphatic carbocycles. The minimum Gasteiger partial charge on any atom is -0.511 e. The third-order valence-electron chi connectivity index (χ3n) is 0.365. The van der Waals surface area contributed by atoms with Crippen LogP contribution >= 0.6 is 0 Å². The van der Waals surface area contributed by atoms with Gasteiger partial charge in [-0.15, -0.1) is 0 Å². The zero-order valence-electron chi connectivity index (χ0n) is 4.18.